The Morgan fingerprint density at radius 1 is 1.27 bits per heavy atom. The van der Waals surface area contributed by atoms with Crippen LogP contribution in [0.5, 0.6) is 0 Å². The lowest BCUT2D eigenvalue weighted by Crippen LogP contribution is -2.14. The molecule has 0 saturated carbocycles. The fraction of sp³-hybridized carbons (Fsp3) is 0.625. The molecule has 0 amide bonds. The topological polar surface area (TPSA) is 71.4 Å². The fourth-order valence-corrected chi connectivity index (χ4v) is 0.774. The summed E-state index contributed by atoms with van der Waals surface area (Å²) in [7, 11) is 0. The Balaban J connectivity index is 4.29. The van der Waals surface area contributed by atoms with E-state index in [2.05, 4.69) is 0 Å². The monoisotopic (exact) mass is 147 g/mol. The van der Waals surface area contributed by atoms with Crippen LogP contribution in [0.1, 0.15) is 20.3 Å². The predicted molar refractivity (Wildman–Crippen MR) is 38.7 cm³/mol. The average molecular weight is 147 g/mol. The molecule has 0 aliphatic carbocycles. The summed E-state index contributed by atoms with van der Waals surface area (Å²) in [4.78, 5) is 0. The van der Waals surface area contributed by atoms with Gasteiger partial charge in [-0.2, -0.15) is 15.8 Å². The van der Waals surface area contributed by atoms with Gasteiger partial charge in [0.1, 0.15) is 5.41 Å². The zero-order valence-corrected chi connectivity index (χ0v) is 6.63. The molecular weight excluding hydrogens is 138 g/mol. The van der Waals surface area contributed by atoms with Gasteiger partial charge in [0.2, 0.25) is 0 Å². The summed E-state index contributed by atoms with van der Waals surface area (Å²) in [6.45, 7) is 3.24. The van der Waals surface area contributed by atoms with Crippen molar-refractivity contribution in [1.29, 1.82) is 15.8 Å². The van der Waals surface area contributed by atoms with E-state index in [4.69, 9.17) is 15.8 Å². The zero-order valence-electron chi connectivity index (χ0n) is 6.63. The van der Waals surface area contributed by atoms with Crippen LogP contribution in [0.25, 0.3) is 0 Å². The summed E-state index contributed by atoms with van der Waals surface area (Å²) >= 11 is 0. The highest BCUT2D eigenvalue weighted by Gasteiger charge is 2.25. The number of nitriles is 3. The minimum Gasteiger partial charge on any atom is -0.198 e. The molecule has 56 valence electrons. The van der Waals surface area contributed by atoms with Crippen molar-refractivity contribution in [2.24, 2.45) is 11.3 Å². The van der Waals surface area contributed by atoms with Crippen molar-refractivity contribution >= 4 is 0 Å². The average Bonchev–Trinajstić information content (AvgIpc) is 2.04. The van der Waals surface area contributed by atoms with E-state index in [1.54, 1.807) is 13.8 Å². The molecule has 0 spiro atoms. The smallest absolute Gasteiger partial charge is 0.142 e. The van der Waals surface area contributed by atoms with Gasteiger partial charge in [-0.15, -0.1) is 0 Å². The Labute approximate surface area is 66.5 Å². The van der Waals surface area contributed by atoms with Crippen LogP contribution in [0.15, 0.2) is 0 Å². The first kappa shape index (κ1) is 9.47. The standard InChI is InChI=1S/C8H9N3/c1-7(4-9)3-8(2,5-10)6-11/h7H,3H2,1-2H3. The maximum atomic E-state index is 8.55. The Morgan fingerprint density at radius 3 is 2.00 bits per heavy atom. The molecule has 0 heterocycles. The van der Waals surface area contributed by atoms with Crippen LogP contribution in [-0.4, -0.2) is 0 Å². The molecule has 0 fully saturated rings. The van der Waals surface area contributed by atoms with E-state index in [0.29, 0.717) is 6.42 Å². The van der Waals surface area contributed by atoms with Gasteiger partial charge in [-0.25, -0.2) is 0 Å². The second-order valence-electron chi connectivity index (χ2n) is 2.79. The number of rotatable bonds is 2. The van der Waals surface area contributed by atoms with Crippen LogP contribution < -0.4 is 0 Å². The summed E-state index contributed by atoms with van der Waals surface area (Å²) in [5.41, 5.74) is -1.00. The summed E-state index contributed by atoms with van der Waals surface area (Å²) in [6, 6.07) is 5.75. The lowest BCUT2D eigenvalue weighted by Gasteiger charge is -2.11. The Hall–Kier alpha value is -1.53. The first-order chi connectivity index (χ1) is 5.08. The molecule has 0 radical (unpaired) electrons. The van der Waals surface area contributed by atoms with Gasteiger partial charge < -0.3 is 0 Å². The third kappa shape index (κ3) is 2.70. The van der Waals surface area contributed by atoms with E-state index in [9.17, 15) is 0 Å². The SMILES string of the molecule is CC(C#N)CC(C)(C#N)C#N. The summed E-state index contributed by atoms with van der Waals surface area (Å²) in [5, 5.41) is 25.5. The molecular formula is C8H9N3. The van der Waals surface area contributed by atoms with Gasteiger partial charge in [0.15, 0.2) is 0 Å². The van der Waals surface area contributed by atoms with E-state index < -0.39 is 5.41 Å². The van der Waals surface area contributed by atoms with Crippen LogP contribution in [0, 0.1) is 45.3 Å². The first-order valence-corrected chi connectivity index (χ1v) is 3.30. The van der Waals surface area contributed by atoms with Crippen molar-refractivity contribution in [3.8, 4) is 18.2 Å². The normalized spacial score (nSPS) is 12.3. The number of hydrogen-bond acceptors (Lipinski definition) is 3. The van der Waals surface area contributed by atoms with Gasteiger partial charge in [-0.1, -0.05) is 0 Å². The predicted octanol–water partition coefficient (Wildman–Crippen LogP) is 1.59. The van der Waals surface area contributed by atoms with E-state index in [1.807, 2.05) is 18.2 Å². The van der Waals surface area contributed by atoms with Crippen molar-refractivity contribution in [2.75, 3.05) is 0 Å². The third-order valence-electron chi connectivity index (χ3n) is 1.43. The lowest BCUT2D eigenvalue weighted by molar-refractivity contribution is 0.464. The minimum absolute atomic E-state index is 0.237. The van der Waals surface area contributed by atoms with Gasteiger partial charge in [0, 0.05) is 5.92 Å². The van der Waals surface area contributed by atoms with E-state index in [1.165, 1.54) is 0 Å². The Kier molecular flexibility index (Phi) is 3.09. The van der Waals surface area contributed by atoms with E-state index >= 15 is 0 Å². The third-order valence-corrected chi connectivity index (χ3v) is 1.43. The van der Waals surface area contributed by atoms with Gasteiger partial charge in [-0.05, 0) is 20.3 Å². The minimum atomic E-state index is -1.00. The van der Waals surface area contributed by atoms with E-state index in [-0.39, 0.29) is 5.92 Å². The molecule has 0 bridgehead atoms. The van der Waals surface area contributed by atoms with E-state index in [0.717, 1.165) is 0 Å². The molecule has 0 aliphatic heterocycles. The fourth-order valence-electron chi connectivity index (χ4n) is 0.774. The molecule has 3 nitrogen and oxygen atoms in total. The second kappa shape index (κ2) is 3.59. The molecule has 1 atom stereocenters. The summed E-state index contributed by atoms with van der Waals surface area (Å²) in [5.74, 6) is -0.237. The maximum Gasteiger partial charge on any atom is 0.142 e. The highest BCUT2D eigenvalue weighted by Crippen LogP contribution is 2.23. The number of nitrogens with zero attached hydrogens (tertiary/aromatic N) is 3. The highest BCUT2D eigenvalue weighted by molar-refractivity contribution is 5.12. The molecule has 0 N–H and O–H groups in total. The quantitative estimate of drug-likeness (QED) is 0.595. The van der Waals surface area contributed by atoms with Crippen molar-refractivity contribution in [3.63, 3.8) is 0 Å². The van der Waals surface area contributed by atoms with Crippen LogP contribution in [0.3, 0.4) is 0 Å². The summed E-state index contributed by atoms with van der Waals surface area (Å²) in [6.07, 6.45) is 0.316. The second-order valence-corrected chi connectivity index (χ2v) is 2.79. The molecule has 0 saturated heterocycles. The maximum absolute atomic E-state index is 8.55. The number of hydrogen-bond donors (Lipinski definition) is 0. The van der Waals surface area contributed by atoms with Crippen LogP contribution in [-0.2, 0) is 0 Å². The Bertz CT molecular complexity index is 234. The molecule has 3 heteroatoms. The molecule has 0 aromatic carbocycles. The zero-order chi connectivity index (χ0) is 8.91. The largest absolute Gasteiger partial charge is 0.198 e. The summed E-state index contributed by atoms with van der Waals surface area (Å²) < 4.78 is 0. The van der Waals surface area contributed by atoms with Gasteiger partial charge in [0.05, 0.1) is 18.2 Å². The molecule has 1 unspecified atom stereocenters. The molecule has 0 rings (SSSR count). The van der Waals surface area contributed by atoms with Crippen molar-refractivity contribution in [3.05, 3.63) is 0 Å². The molecule has 0 aromatic rings. The molecule has 0 aliphatic rings. The van der Waals surface area contributed by atoms with Gasteiger partial charge in [0.25, 0.3) is 0 Å². The van der Waals surface area contributed by atoms with Gasteiger partial charge >= 0.3 is 0 Å². The Morgan fingerprint density at radius 2 is 1.73 bits per heavy atom. The lowest BCUT2D eigenvalue weighted by atomic mass is 9.85. The van der Waals surface area contributed by atoms with Crippen LogP contribution in [0.2, 0.25) is 0 Å². The first-order valence-electron chi connectivity index (χ1n) is 3.30. The van der Waals surface area contributed by atoms with Crippen molar-refractivity contribution in [2.45, 2.75) is 20.3 Å². The van der Waals surface area contributed by atoms with Crippen molar-refractivity contribution in [1.82, 2.24) is 0 Å². The molecule has 11 heavy (non-hydrogen) atoms. The van der Waals surface area contributed by atoms with Crippen LogP contribution >= 0.6 is 0 Å². The van der Waals surface area contributed by atoms with Gasteiger partial charge in [-0.3, -0.25) is 0 Å². The van der Waals surface area contributed by atoms with Crippen LogP contribution in [0.4, 0.5) is 0 Å². The molecule has 0 aromatic heterocycles. The van der Waals surface area contributed by atoms with Crippen molar-refractivity contribution < 1.29 is 0 Å². The highest BCUT2D eigenvalue weighted by atomic mass is 14.4.